The van der Waals surface area contributed by atoms with E-state index in [0.717, 1.165) is 0 Å². The third kappa shape index (κ3) is 3.02. The Bertz CT molecular complexity index is 1110. The van der Waals surface area contributed by atoms with Gasteiger partial charge in [-0.25, -0.2) is 4.98 Å². The molecule has 0 aliphatic carbocycles. The van der Waals surface area contributed by atoms with Crippen LogP contribution in [0.2, 0.25) is 0 Å². The van der Waals surface area contributed by atoms with Gasteiger partial charge in [0.05, 0.1) is 5.56 Å². The number of piperidine rings is 1. The summed E-state index contributed by atoms with van der Waals surface area (Å²) in [5.74, 6) is 0.170. The average molecular weight is 379 g/mol. The summed E-state index contributed by atoms with van der Waals surface area (Å²) >= 11 is 0. The third-order valence-corrected chi connectivity index (χ3v) is 5.37. The number of likely N-dealkylation sites (tertiary alicyclic amines) is 1. The standard InChI is InChI=1S/C21H21N3O4/c1-13-16(17-19(28-13)22-12-23(2)20(17)26)21(27)24-10-8-15(9-11-24)18(25)14-6-4-3-5-7-14/h3-7,12,15H,8-11H2,1-2H3. The van der Waals surface area contributed by atoms with Crippen molar-refractivity contribution in [2.75, 3.05) is 13.1 Å². The van der Waals surface area contributed by atoms with Crippen molar-refractivity contribution >= 4 is 22.8 Å². The molecule has 1 amide bonds. The number of Topliss-reactive ketones (excluding diaryl/α,β-unsaturated/α-hetero) is 1. The second-order valence-electron chi connectivity index (χ2n) is 7.17. The minimum absolute atomic E-state index is 0.0943. The maximum atomic E-state index is 13.1. The van der Waals surface area contributed by atoms with Crippen LogP contribution in [0.1, 0.15) is 39.3 Å². The van der Waals surface area contributed by atoms with Crippen molar-refractivity contribution in [3.8, 4) is 0 Å². The molecule has 0 bridgehead atoms. The number of carbonyl (C=O) groups excluding carboxylic acids is 2. The normalized spacial score (nSPS) is 15.1. The van der Waals surface area contributed by atoms with Gasteiger partial charge in [-0.1, -0.05) is 30.3 Å². The minimum Gasteiger partial charge on any atom is -0.442 e. The van der Waals surface area contributed by atoms with Crippen LogP contribution >= 0.6 is 0 Å². The predicted molar refractivity (Wildman–Crippen MR) is 103 cm³/mol. The summed E-state index contributed by atoms with van der Waals surface area (Å²) < 4.78 is 6.87. The molecule has 3 heterocycles. The quantitative estimate of drug-likeness (QED) is 0.653. The van der Waals surface area contributed by atoms with Crippen LogP contribution in [0.3, 0.4) is 0 Å². The number of rotatable bonds is 3. The number of hydrogen-bond acceptors (Lipinski definition) is 5. The van der Waals surface area contributed by atoms with Crippen LogP contribution in [0.5, 0.6) is 0 Å². The summed E-state index contributed by atoms with van der Waals surface area (Å²) in [4.78, 5) is 44.0. The number of aryl methyl sites for hydroxylation is 2. The smallest absolute Gasteiger partial charge is 0.265 e. The van der Waals surface area contributed by atoms with Gasteiger partial charge in [0.2, 0.25) is 5.71 Å². The monoisotopic (exact) mass is 379 g/mol. The van der Waals surface area contributed by atoms with Gasteiger partial charge in [0.25, 0.3) is 11.5 Å². The summed E-state index contributed by atoms with van der Waals surface area (Å²) in [7, 11) is 1.59. The lowest BCUT2D eigenvalue weighted by Gasteiger charge is -2.31. The van der Waals surface area contributed by atoms with Crippen LogP contribution in [0.25, 0.3) is 11.1 Å². The number of amides is 1. The van der Waals surface area contributed by atoms with Gasteiger partial charge in [-0.2, -0.15) is 0 Å². The highest BCUT2D eigenvalue weighted by molar-refractivity contribution is 6.06. The van der Waals surface area contributed by atoms with Gasteiger partial charge >= 0.3 is 0 Å². The van der Waals surface area contributed by atoms with Gasteiger partial charge in [0, 0.05) is 31.6 Å². The number of benzene rings is 1. The minimum atomic E-state index is -0.306. The van der Waals surface area contributed by atoms with Gasteiger partial charge in [-0.05, 0) is 19.8 Å². The van der Waals surface area contributed by atoms with E-state index in [-0.39, 0.29) is 39.8 Å². The van der Waals surface area contributed by atoms with E-state index in [2.05, 4.69) is 4.98 Å². The van der Waals surface area contributed by atoms with Gasteiger partial charge in [0.1, 0.15) is 17.5 Å². The number of hydrogen-bond donors (Lipinski definition) is 0. The molecule has 1 saturated heterocycles. The largest absolute Gasteiger partial charge is 0.442 e. The first-order valence-electron chi connectivity index (χ1n) is 9.30. The second-order valence-corrected chi connectivity index (χ2v) is 7.17. The maximum Gasteiger partial charge on any atom is 0.265 e. The van der Waals surface area contributed by atoms with Gasteiger partial charge in [0.15, 0.2) is 5.78 Å². The molecule has 0 saturated carbocycles. The Balaban J connectivity index is 1.55. The van der Waals surface area contributed by atoms with Crippen molar-refractivity contribution < 1.29 is 14.0 Å². The molecule has 0 atom stereocenters. The lowest BCUT2D eigenvalue weighted by atomic mass is 9.88. The van der Waals surface area contributed by atoms with Crippen molar-refractivity contribution in [2.45, 2.75) is 19.8 Å². The van der Waals surface area contributed by atoms with E-state index >= 15 is 0 Å². The molecule has 1 fully saturated rings. The third-order valence-electron chi connectivity index (χ3n) is 5.37. The molecule has 7 nitrogen and oxygen atoms in total. The SMILES string of the molecule is Cc1oc2ncn(C)c(=O)c2c1C(=O)N1CCC(C(=O)c2ccccc2)CC1. The van der Waals surface area contributed by atoms with Crippen LogP contribution in [0, 0.1) is 12.8 Å². The molecule has 144 valence electrons. The molecule has 0 radical (unpaired) electrons. The molecule has 1 aliphatic rings. The van der Waals surface area contributed by atoms with Crippen LogP contribution in [-0.2, 0) is 7.05 Å². The van der Waals surface area contributed by atoms with E-state index in [9.17, 15) is 14.4 Å². The van der Waals surface area contributed by atoms with Crippen LogP contribution < -0.4 is 5.56 Å². The Hall–Kier alpha value is -3.22. The zero-order valence-corrected chi connectivity index (χ0v) is 15.8. The topological polar surface area (TPSA) is 85.4 Å². The summed E-state index contributed by atoms with van der Waals surface area (Å²) in [5, 5.41) is 0.218. The highest BCUT2D eigenvalue weighted by atomic mass is 16.3. The molecule has 2 aromatic heterocycles. The summed E-state index contributed by atoms with van der Waals surface area (Å²) in [6, 6.07) is 9.24. The summed E-state index contributed by atoms with van der Waals surface area (Å²) in [6.45, 7) is 2.60. The van der Waals surface area contributed by atoms with Gasteiger partial charge < -0.3 is 13.9 Å². The van der Waals surface area contributed by atoms with Crippen LogP contribution in [0.4, 0.5) is 0 Å². The maximum absolute atomic E-state index is 13.1. The van der Waals surface area contributed by atoms with E-state index in [0.29, 0.717) is 37.3 Å². The van der Waals surface area contributed by atoms with Crippen LogP contribution in [-0.4, -0.2) is 39.2 Å². The molecule has 0 unspecified atom stereocenters. The van der Waals surface area contributed by atoms with Crippen molar-refractivity contribution in [1.82, 2.24) is 14.5 Å². The highest BCUT2D eigenvalue weighted by Gasteiger charge is 2.31. The lowest BCUT2D eigenvalue weighted by molar-refractivity contribution is 0.0650. The van der Waals surface area contributed by atoms with Crippen molar-refractivity contribution in [2.24, 2.45) is 13.0 Å². The summed E-state index contributed by atoms with van der Waals surface area (Å²) in [6.07, 6.45) is 2.58. The Labute approximate surface area is 161 Å². The first kappa shape index (κ1) is 18.2. The summed E-state index contributed by atoms with van der Waals surface area (Å²) in [5.41, 5.74) is 0.854. The molecular formula is C21H21N3O4. The van der Waals surface area contributed by atoms with E-state index in [4.69, 9.17) is 4.42 Å². The fourth-order valence-corrected chi connectivity index (χ4v) is 3.79. The van der Waals surface area contributed by atoms with E-state index in [1.54, 1.807) is 18.9 Å². The van der Waals surface area contributed by atoms with E-state index < -0.39 is 0 Å². The van der Waals surface area contributed by atoms with Gasteiger partial charge in [-0.15, -0.1) is 0 Å². The molecule has 4 rings (SSSR count). The number of carbonyl (C=O) groups is 2. The Kier molecular flexibility index (Phi) is 4.58. The van der Waals surface area contributed by atoms with Crippen LogP contribution in [0.15, 0.2) is 45.9 Å². The number of nitrogens with zero attached hydrogens (tertiary/aromatic N) is 3. The second kappa shape index (κ2) is 7.07. The Morgan fingerprint density at radius 2 is 1.82 bits per heavy atom. The molecule has 1 aromatic carbocycles. The molecule has 28 heavy (non-hydrogen) atoms. The van der Waals surface area contributed by atoms with Crippen molar-refractivity contribution in [1.29, 1.82) is 0 Å². The molecule has 0 spiro atoms. The first-order chi connectivity index (χ1) is 13.5. The number of ketones is 1. The molecule has 3 aromatic rings. The Morgan fingerprint density at radius 3 is 2.50 bits per heavy atom. The molecule has 0 N–H and O–H groups in total. The first-order valence-corrected chi connectivity index (χ1v) is 9.30. The fourth-order valence-electron chi connectivity index (χ4n) is 3.79. The van der Waals surface area contributed by atoms with Crippen molar-refractivity contribution in [3.05, 3.63) is 63.9 Å². The molecule has 7 heteroatoms. The average Bonchev–Trinajstić information content (AvgIpc) is 3.07. The van der Waals surface area contributed by atoms with E-state index in [1.807, 2.05) is 30.3 Å². The predicted octanol–water partition coefficient (Wildman–Crippen LogP) is 2.57. The fraction of sp³-hybridized carbons (Fsp3) is 0.333. The molecule has 1 aliphatic heterocycles. The number of aromatic nitrogens is 2. The van der Waals surface area contributed by atoms with Gasteiger partial charge in [-0.3, -0.25) is 14.4 Å². The zero-order chi connectivity index (χ0) is 19.8. The lowest BCUT2D eigenvalue weighted by Crippen LogP contribution is -2.40. The highest BCUT2D eigenvalue weighted by Crippen LogP contribution is 2.26. The Morgan fingerprint density at radius 1 is 1.14 bits per heavy atom. The molecular weight excluding hydrogens is 358 g/mol. The number of fused-ring (bicyclic) bond motifs is 1. The van der Waals surface area contributed by atoms with E-state index in [1.165, 1.54) is 10.9 Å². The van der Waals surface area contributed by atoms with Crippen molar-refractivity contribution in [3.63, 3.8) is 0 Å². The zero-order valence-electron chi connectivity index (χ0n) is 15.8. The number of furan rings is 1.